The van der Waals surface area contributed by atoms with E-state index < -0.39 is 0 Å². The highest BCUT2D eigenvalue weighted by Gasteiger charge is 2.16. The van der Waals surface area contributed by atoms with Gasteiger partial charge in [0.15, 0.2) is 5.65 Å². The van der Waals surface area contributed by atoms with E-state index in [9.17, 15) is 0 Å². The third-order valence-corrected chi connectivity index (χ3v) is 4.17. The number of aromatic nitrogens is 5. The van der Waals surface area contributed by atoms with Gasteiger partial charge < -0.3 is 15.0 Å². The number of hydrogen-bond acceptors (Lipinski definition) is 5. The van der Waals surface area contributed by atoms with E-state index in [1.54, 1.807) is 30.2 Å². The van der Waals surface area contributed by atoms with E-state index >= 15 is 0 Å². The molecule has 4 aromatic rings. The standard InChI is InChI=1S/C18H18N6O/c1-11-9-23(10-20-11)15-5-4-13(8-16(15)25-3)17-12(2)22-18-14(19)6-7-21-24(17)18/h4-10H,19H2,1-3H3. The Labute approximate surface area is 144 Å². The maximum atomic E-state index is 6.02. The zero-order valence-corrected chi connectivity index (χ0v) is 14.3. The minimum Gasteiger partial charge on any atom is -0.495 e. The van der Waals surface area contributed by atoms with Crippen LogP contribution in [0.15, 0.2) is 43.0 Å². The van der Waals surface area contributed by atoms with Crippen molar-refractivity contribution in [2.45, 2.75) is 13.8 Å². The Morgan fingerprint density at radius 3 is 2.72 bits per heavy atom. The van der Waals surface area contributed by atoms with Crippen LogP contribution in [0, 0.1) is 13.8 Å². The molecule has 7 nitrogen and oxygen atoms in total. The molecule has 0 unspecified atom stereocenters. The zero-order chi connectivity index (χ0) is 17.6. The lowest BCUT2D eigenvalue weighted by Crippen LogP contribution is -1.99. The van der Waals surface area contributed by atoms with Crippen molar-refractivity contribution >= 4 is 11.3 Å². The predicted molar refractivity (Wildman–Crippen MR) is 96.0 cm³/mol. The molecule has 0 atom stereocenters. The number of nitrogen functional groups attached to an aromatic ring is 1. The van der Waals surface area contributed by atoms with E-state index in [0.29, 0.717) is 11.3 Å². The van der Waals surface area contributed by atoms with Crippen LogP contribution < -0.4 is 10.5 Å². The summed E-state index contributed by atoms with van der Waals surface area (Å²) in [5.74, 6) is 0.744. The Morgan fingerprint density at radius 2 is 2.00 bits per heavy atom. The molecule has 7 heteroatoms. The number of anilines is 1. The van der Waals surface area contributed by atoms with Crippen molar-refractivity contribution in [3.8, 4) is 22.7 Å². The number of fused-ring (bicyclic) bond motifs is 1. The third-order valence-electron chi connectivity index (χ3n) is 4.17. The van der Waals surface area contributed by atoms with Gasteiger partial charge in [0.05, 0.1) is 48.1 Å². The first-order valence-corrected chi connectivity index (χ1v) is 7.87. The number of benzene rings is 1. The summed E-state index contributed by atoms with van der Waals surface area (Å²) in [5.41, 5.74) is 11.9. The first-order valence-electron chi connectivity index (χ1n) is 7.87. The van der Waals surface area contributed by atoms with Gasteiger partial charge in [-0.15, -0.1) is 0 Å². The highest BCUT2D eigenvalue weighted by atomic mass is 16.5. The van der Waals surface area contributed by atoms with Gasteiger partial charge in [-0.2, -0.15) is 5.10 Å². The van der Waals surface area contributed by atoms with Gasteiger partial charge in [-0.05, 0) is 32.0 Å². The fourth-order valence-electron chi connectivity index (χ4n) is 2.99. The molecular weight excluding hydrogens is 316 g/mol. The molecule has 0 aliphatic rings. The first kappa shape index (κ1) is 15.2. The Kier molecular flexibility index (Phi) is 3.42. The molecule has 2 N–H and O–H groups in total. The van der Waals surface area contributed by atoms with Crippen molar-refractivity contribution in [3.05, 3.63) is 54.4 Å². The molecule has 4 rings (SSSR count). The number of aryl methyl sites for hydroxylation is 2. The number of imidazole rings is 2. The lowest BCUT2D eigenvalue weighted by atomic mass is 10.1. The van der Waals surface area contributed by atoms with Crippen molar-refractivity contribution in [1.29, 1.82) is 0 Å². The van der Waals surface area contributed by atoms with Crippen LogP contribution in [0.25, 0.3) is 22.6 Å². The molecule has 3 aromatic heterocycles. The average Bonchev–Trinajstić information content (AvgIpc) is 3.18. The molecule has 0 amide bonds. The topological polar surface area (TPSA) is 83.3 Å². The summed E-state index contributed by atoms with van der Waals surface area (Å²) in [4.78, 5) is 8.82. The normalized spacial score (nSPS) is 11.2. The molecule has 0 radical (unpaired) electrons. The highest BCUT2D eigenvalue weighted by molar-refractivity contribution is 5.74. The van der Waals surface area contributed by atoms with Crippen LogP contribution in [-0.2, 0) is 0 Å². The summed E-state index contributed by atoms with van der Waals surface area (Å²) in [7, 11) is 1.66. The van der Waals surface area contributed by atoms with Crippen LogP contribution in [0.1, 0.15) is 11.4 Å². The first-order chi connectivity index (χ1) is 12.1. The molecule has 3 heterocycles. The number of hydrogen-bond donors (Lipinski definition) is 1. The Morgan fingerprint density at radius 1 is 1.16 bits per heavy atom. The van der Waals surface area contributed by atoms with Crippen LogP contribution in [0.3, 0.4) is 0 Å². The van der Waals surface area contributed by atoms with Crippen molar-refractivity contribution in [2.24, 2.45) is 0 Å². The molecule has 0 saturated carbocycles. The molecule has 0 aliphatic heterocycles. The Balaban J connectivity index is 1.90. The summed E-state index contributed by atoms with van der Waals surface area (Å²) in [5, 5.41) is 4.40. The molecule has 0 spiro atoms. The van der Waals surface area contributed by atoms with Crippen molar-refractivity contribution in [2.75, 3.05) is 12.8 Å². The van der Waals surface area contributed by atoms with Crippen molar-refractivity contribution in [3.63, 3.8) is 0 Å². The van der Waals surface area contributed by atoms with Gasteiger partial charge in [-0.1, -0.05) is 6.07 Å². The number of methoxy groups -OCH3 is 1. The smallest absolute Gasteiger partial charge is 0.177 e. The predicted octanol–water partition coefficient (Wildman–Crippen LogP) is 2.79. The van der Waals surface area contributed by atoms with Crippen LogP contribution in [-0.4, -0.2) is 31.3 Å². The molecule has 0 fully saturated rings. The molecule has 1 aromatic carbocycles. The lowest BCUT2D eigenvalue weighted by Gasteiger charge is -2.11. The minimum atomic E-state index is 0.599. The van der Waals surface area contributed by atoms with Crippen LogP contribution in [0.5, 0.6) is 5.75 Å². The zero-order valence-electron chi connectivity index (χ0n) is 14.3. The van der Waals surface area contributed by atoms with E-state index in [2.05, 4.69) is 15.1 Å². The van der Waals surface area contributed by atoms with E-state index in [4.69, 9.17) is 10.5 Å². The van der Waals surface area contributed by atoms with Crippen LogP contribution in [0.4, 0.5) is 5.69 Å². The van der Waals surface area contributed by atoms with E-state index in [1.807, 2.05) is 42.8 Å². The molecular formula is C18H18N6O. The van der Waals surface area contributed by atoms with Gasteiger partial charge in [-0.3, -0.25) is 0 Å². The van der Waals surface area contributed by atoms with Gasteiger partial charge in [0.2, 0.25) is 0 Å². The van der Waals surface area contributed by atoms with E-state index in [1.165, 1.54) is 0 Å². The number of rotatable bonds is 3. The summed E-state index contributed by atoms with van der Waals surface area (Å²) in [6, 6.07) is 7.75. The second-order valence-electron chi connectivity index (χ2n) is 5.88. The minimum absolute atomic E-state index is 0.599. The highest BCUT2D eigenvalue weighted by Crippen LogP contribution is 2.32. The average molecular weight is 334 g/mol. The summed E-state index contributed by atoms with van der Waals surface area (Å²) in [6.45, 7) is 3.90. The van der Waals surface area contributed by atoms with Crippen LogP contribution >= 0.6 is 0 Å². The van der Waals surface area contributed by atoms with Crippen molar-refractivity contribution in [1.82, 2.24) is 24.1 Å². The maximum absolute atomic E-state index is 6.02. The fraction of sp³-hybridized carbons (Fsp3) is 0.167. The molecule has 126 valence electrons. The largest absolute Gasteiger partial charge is 0.495 e. The van der Waals surface area contributed by atoms with E-state index in [0.717, 1.165) is 34.1 Å². The number of nitrogens with zero attached hydrogens (tertiary/aromatic N) is 5. The van der Waals surface area contributed by atoms with E-state index in [-0.39, 0.29) is 0 Å². The fourth-order valence-corrected chi connectivity index (χ4v) is 2.99. The Bertz CT molecular complexity index is 1080. The van der Waals surface area contributed by atoms with Gasteiger partial charge in [0.25, 0.3) is 0 Å². The SMILES string of the molecule is COc1cc(-c2c(C)nc3c(N)ccnn23)ccc1-n1cnc(C)c1. The molecule has 0 saturated heterocycles. The Hall–Kier alpha value is -3.35. The van der Waals surface area contributed by atoms with Gasteiger partial charge in [0, 0.05) is 11.8 Å². The lowest BCUT2D eigenvalue weighted by molar-refractivity contribution is 0.413. The monoisotopic (exact) mass is 334 g/mol. The second kappa shape index (κ2) is 5.62. The second-order valence-corrected chi connectivity index (χ2v) is 5.88. The molecule has 25 heavy (non-hydrogen) atoms. The number of nitrogens with two attached hydrogens (primary N) is 1. The summed E-state index contributed by atoms with van der Waals surface area (Å²) < 4.78 is 9.30. The third kappa shape index (κ3) is 2.40. The number of ether oxygens (including phenoxy) is 1. The quantitative estimate of drug-likeness (QED) is 0.623. The van der Waals surface area contributed by atoms with Gasteiger partial charge >= 0.3 is 0 Å². The van der Waals surface area contributed by atoms with Gasteiger partial charge in [0.1, 0.15) is 5.75 Å². The molecule has 0 bridgehead atoms. The van der Waals surface area contributed by atoms with Crippen molar-refractivity contribution < 1.29 is 4.74 Å². The summed E-state index contributed by atoms with van der Waals surface area (Å²) >= 11 is 0. The summed E-state index contributed by atoms with van der Waals surface area (Å²) in [6.07, 6.45) is 5.40. The van der Waals surface area contributed by atoms with Gasteiger partial charge in [-0.25, -0.2) is 14.5 Å². The molecule has 0 aliphatic carbocycles. The maximum Gasteiger partial charge on any atom is 0.177 e. The van der Waals surface area contributed by atoms with Crippen LogP contribution in [0.2, 0.25) is 0 Å².